The van der Waals surface area contributed by atoms with E-state index in [1.807, 2.05) is 0 Å². The fourth-order valence-electron chi connectivity index (χ4n) is 0.856. The lowest BCUT2D eigenvalue weighted by molar-refractivity contribution is -0.276. The van der Waals surface area contributed by atoms with E-state index in [-0.39, 0.29) is 17.0 Å². The minimum atomic E-state index is -4.82. The standard InChI is InChI=1S/C8H4ClF3N2O/c9-2-6-1-5(3-13)4-14-7(6)15-8(10,11)12/h1,4H,2H2. The molecule has 0 aromatic carbocycles. The Morgan fingerprint density at radius 2 is 2.20 bits per heavy atom. The number of halogens is 4. The summed E-state index contributed by atoms with van der Waals surface area (Å²) in [6, 6.07) is 2.93. The number of hydrogen-bond donors (Lipinski definition) is 0. The summed E-state index contributed by atoms with van der Waals surface area (Å²) in [6.45, 7) is 0. The van der Waals surface area contributed by atoms with Crippen LogP contribution in [0.25, 0.3) is 0 Å². The fourth-order valence-corrected chi connectivity index (χ4v) is 1.05. The molecule has 7 heteroatoms. The first kappa shape index (κ1) is 11.6. The second-order valence-electron chi connectivity index (χ2n) is 2.48. The van der Waals surface area contributed by atoms with Crippen LogP contribution in [0.15, 0.2) is 12.3 Å². The Kier molecular flexibility index (Phi) is 3.37. The first-order valence-electron chi connectivity index (χ1n) is 3.67. The molecule has 0 radical (unpaired) electrons. The highest BCUT2D eigenvalue weighted by molar-refractivity contribution is 6.17. The number of rotatable bonds is 2. The minimum absolute atomic E-state index is 0.0213. The highest BCUT2D eigenvalue weighted by atomic mass is 35.5. The zero-order valence-corrected chi connectivity index (χ0v) is 7.93. The van der Waals surface area contributed by atoms with Crippen molar-refractivity contribution in [2.24, 2.45) is 0 Å². The Balaban J connectivity index is 3.04. The van der Waals surface area contributed by atoms with Gasteiger partial charge in [0.15, 0.2) is 0 Å². The van der Waals surface area contributed by atoms with Crippen LogP contribution in [0.1, 0.15) is 11.1 Å². The molecule has 0 bridgehead atoms. The van der Waals surface area contributed by atoms with Gasteiger partial charge in [-0.05, 0) is 6.07 Å². The predicted octanol–water partition coefficient (Wildman–Crippen LogP) is 2.59. The highest BCUT2D eigenvalue weighted by Gasteiger charge is 2.32. The normalized spacial score (nSPS) is 10.9. The van der Waals surface area contributed by atoms with Crippen molar-refractivity contribution in [3.63, 3.8) is 0 Å². The Hall–Kier alpha value is -1.48. The van der Waals surface area contributed by atoms with Gasteiger partial charge in [-0.2, -0.15) is 5.26 Å². The molecule has 1 rings (SSSR count). The first-order chi connectivity index (χ1) is 6.96. The number of ether oxygens (including phenoxy) is 1. The molecule has 0 N–H and O–H groups in total. The fraction of sp³-hybridized carbons (Fsp3) is 0.250. The summed E-state index contributed by atoms with van der Waals surface area (Å²) in [6.07, 6.45) is -3.83. The second-order valence-corrected chi connectivity index (χ2v) is 2.75. The molecule has 0 fully saturated rings. The third-order valence-electron chi connectivity index (χ3n) is 1.41. The van der Waals surface area contributed by atoms with Gasteiger partial charge >= 0.3 is 6.36 Å². The Morgan fingerprint density at radius 1 is 1.53 bits per heavy atom. The number of hydrogen-bond acceptors (Lipinski definition) is 3. The molecule has 0 aliphatic heterocycles. The maximum absolute atomic E-state index is 11.9. The van der Waals surface area contributed by atoms with Crippen molar-refractivity contribution in [2.45, 2.75) is 12.2 Å². The lowest BCUT2D eigenvalue weighted by atomic mass is 10.2. The minimum Gasteiger partial charge on any atom is -0.388 e. The molecule has 1 heterocycles. The third-order valence-corrected chi connectivity index (χ3v) is 1.70. The van der Waals surface area contributed by atoms with Crippen molar-refractivity contribution in [3.8, 4) is 11.9 Å². The van der Waals surface area contributed by atoms with Crippen molar-refractivity contribution in [3.05, 3.63) is 23.4 Å². The monoisotopic (exact) mass is 236 g/mol. The third kappa shape index (κ3) is 3.29. The molecule has 0 spiro atoms. The van der Waals surface area contributed by atoms with E-state index in [1.165, 1.54) is 6.07 Å². The van der Waals surface area contributed by atoms with Gasteiger partial charge in [-0.25, -0.2) is 4.98 Å². The van der Waals surface area contributed by atoms with E-state index in [2.05, 4.69) is 9.72 Å². The van der Waals surface area contributed by atoms with Crippen molar-refractivity contribution >= 4 is 11.6 Å². The molecular formula is C8H4ClF3N2O. The average Bonchev–Trinajstić information content (AvgIpc) is 2.16. The summed E-state index contributed by atoms with van der Waals surface area (Å²) < 4.78 is 39.2. The van der Waals surface area contributed by atoms with Crippen LogP contribution < -0.4 is 4.74 Å². The number of alkyl halides is 4. The number of nitrogens with zero attached hydrogens (tertiary/aromatic N) is 2. The Morgan fingerprint density at radius 3 is 2.67 bits per heavy atom. The van der Waals surface area contributed by atoms with Gasteiger partial charge in [-0.1, -0.05) is 0 Å². The molecule has 80 valence electrons. The summed E-state index contributed by atoms with van der Waals surface area (Å²) in [4.78, 5) is 3.36. The molecule has 1 aromatic heterocycles. The predicted molar refractivity (Wildman–Crippen MR) is 45.2 cm³/mol. The van der Waals surface area contributed by atoms with Crippen molar-refractivity contribution < 1.29 is 17.9 Å². The second kappa shape index (κ2) is 4.36. The summed E-state index contributed by atoms with van der Waals surface area (Å²) >= 11 is 5.39. The molecule has 1 aromatic rings. The number of aromatic nitrogens is 1. The van der Waals surface area contributed by atoms with E-state index in [4.69, 9.17) is 16.9 Å². The van der Waals surface area contributed by atoms with E-state index < -0.39 is 12.2 Å². The van der Waals surface area contributed by atoms with Crippen LogP contribution in [0.3, 0.4) is 0 Å². The van der Waals surface area contributed by atoms with E-state index in [1.54, 1.807) is 6.07 Å². The van der Waals surface area contributed by atoms with Crippen LogP contribution in [0, 0.1) is 11.3 Å². The molecule has 0 aliphatic carbocycles. The van der Waals surface area contributed by atoms with E-state index in [0.29, 0.717) is 0 Å². The first-order valence-corrected chi connectivity index (χ1v) is 4.20. The zero-order valence-electron chi connectivity index (χ0n) is 7.18. The topological polar surface area (TPSA) is 45.9 Å². The zero-order chi connectivity index (χ0) is 11.5. The molecule has 0 amide bonds. The van der Waals surface area contributed by atoms with Gasteiger partial charge in [0.2, 0.25) is 5.88 Å². The van der Waals surface area contributed by atoms with Gasteiger partial charge in [-0.15, -0.1) is 24.8 Å². The summed E-state index contributed by atoms with van der Waals surface area (Å²) in [7, 11) is 0. The van der Waals surface area contributed by atoms with Crippen molar-refractivity contribution in [2.75, 3.05) is 0 Å². The number of nitriles is 1. The lowest BCUT2D eigenvalue weighted by Crippen LogP contribution is -2.19. The Bertz CT molecular complexity index is 400. The van der Waals surface area contributed by atoms with Crippen LogP contribution in [0.2, 0.25) is 0 Å². The highest BCUT2D eigenvalue weighted by Crippen LogP contribution is 2.25. The molecule has 0 saturated heterocycles. The average molecular weight is 237 g/mol. The van der Waals surface area contributed by atoms with Gasteiger partial charge in [0.1, 0.15) is 6.07 Å². The SMILES string of the molecule is N#Cc1cnc(OC(F)(F)F)c(CCl)c1. The summed E-state index contributed by atoms with van der Waals surface area (Å²) in [5, 5.41) is 8.48. The van der Waals surface area contributed by atoms with E-state index >= 15 is 0 Å². The smallest absolute Gasteiger partial charge is 0.388 e. The van der Waals surface area contributed by atoms with Gasteiger partial charge in [-0.3, -0.25) is 0 Å². The van der Waals surface area contributed by atoms with Crippen LogP contribution in [-0.2, 0) is 5.88 Å². The van der Waals surface area contributed by atoms with Crippen molar-refractivity contribution in [1.82, 2.24) is 4.98 Å². The largest absolute Gasteiger partial charge is 0.574 e. The molecule has 0 atom stereocenters. The molecule has 0 aliphatic rings. The molecular weight excluding hydrogens is 233 g/mol. The van der Waals surface area contributed by atoms with Crippen LogP contribution >= 0.6 is 11.6 Å². The van der Waals surface area contributed by atoms with Crippen molar-refractivity contribution in [1.29, 1.82) is 5.26 Å². The van der Waals surface area contributed by atoms with Crippen LogP contribution in [0.5, 0.6) is 5.88 Å². The molecule has 0 saturated carbocycles. The summed E-state index contributed by atoms with van der Waals surface area (Å²) in [5.74, 6) is -0.843. The molecule has 3 nitrogen and oxygen atoms in total. The van der Waals surface area contributed by atoms with Gasteiger partial charge in [0, 0.05) is 11.8 Å². The Labute approximate surface area is 88.1 Å². The number of pyridine rings is 1. The summed E-state index contributed by atoms with van der Waals surface area (Å²) in [5.41, 5.74) is 0.146. The van der Waals surface area contributed by atoms with E-state index in [0.717, 1.165) is 6.20 Å². The molecule has 0 unspecified atom stereocenters. The maximum atomic E-state index is 11.9. The molecule has 15 heavy (non-hydrogen) atoms. The van der Waals surface area contributed by atoms with Gasteiger partial charge < -0.3 is 4.74 Å². The van der Waals surface area contributed by atoms with Crippen LogP contribution in [-0.4, -0.2) is 11.3 Å². The quantitative estimate of drug-likeness (QED) is 0.742. The lowest BCUT2D eigenvalue weighted by Gasteiger charge is -2.10. The maximum Gasteiger partial charge on any atom is 0.574 e. The van der Waals surface area contributed by atoms with Gasteiger partial charge in [0.05, 0.1) is 11.4 Å². The van der Waals surface area contributed by atoms with Gasteiger partial charge in [0.25, 0.3) is 0 Å². The van der Waals surface area contributed by atoms with E-state index in [9.17, 15) is 13.2 Å². The van der Waals surface area contributed by atoms with Crippen LogP contribution in [0.4, 0.5) is 13.2 Å².